The molecule has 1 aliphatic heterocycles. The smallest absolute Gasteiger partial charge is 0.478 e. The van der Waals surface area contributed by atoms with Crippen molar-refractivity contribution in [1.29, 1.82) is 0 Å². The first-order valence-corrected chi connectivity index (χ1v) is 8.46. The molecule has 0 radical (unpaired) electrons. The maximum Gasteiger partial charge on any atom is 0.573 e. The van der Waals surface area contributed by atoms with E-state index in [4.69, 9.17) is 5.11 Å². The third-order valence-electron chi connectivity index (χ3n) is 4.32. The van der Waals surface area contributed by atoms with Crippen LogP contribution in [0.4, 0.5) is 18.9 Å². The number of nitrogens with one attached hydrogen (secondary N) is 1. The monoisotopic (exact) mass is 394 g/mol. The number of hydrogen-bond donors (Lipinski definition) is 2. The van der Waals surface area contributed by atoms with Crippen LogP contribution in [-0.2, 0) is 11.3 Å². The second kappa shape index (κ2) is 7.89. The van der Waals surface area contributed by atoms with Crippen LogP contribution < -0.4 is 15.0 Å². The molecule has 28 heavy (non-hydrogen) atoms. The van der Waals surface area contributed by atoms with Crippen LogP contribution in [0.3, 0.4) is 0 Å². The molecule has 2 aromatic rings. The van der Waals surface area contributed by atoms with E-state index >= 15 is 0 Å². The molecule has 0 bridgehead atoms. The molecule has 0 aromatic heterocycles. The van der Waals surface area contributed by atoms with Crippen LogP contribution in [0.15, 0.2) is 48.5 Å². The van der Waals surface area contributed by atoms with E-state index in [9.17, 15) is 22.8 Å². The van der Waals surface area contributed by atoms with Gasteiger partial charge in [0, 0.05) is 24.8 Å². The van der Waals surface area contributed by atoms with Crippen molar-refractivity contribution in [3.8, 4) is 5.75 Å². The number of carboxylic acids is 1. The lowest BCUT2D eigenvalue weighted by molar-refractivity contribution is -0.274. The van der Waals surface area contributed by atoms with Crippen molar-refractivity contribution in [2.24, 2.45) is 0 Å². The highest BCUT2D eigenvalue weighted by Gasteiger charge is 2.34. The van der Waals surface area contributed by atoms with Gasteiger partial charge < -0.3 is 20.1 Å². The molecule has 1 heterocycles. The molecule has 0 spiro atoms. The van der Waals surface area contributed by atoms with Crippen LogP contribution in [0.25, 0.3) is 0 Å². The summed E-state index contributed by atoms with van der Waals surface area (Å²) in [7, 11) is 0. The summed E-state index contributed by atoms with van der Waals surface area (Å²) < 4.78 is 41.0. The van der Waals surface area contributed by atoms with Gasteiger partial charge in [0.1, 0.15) is 5.75 Å². The van der Waals surface area contributed by atoms with Gasteiger partial charge in [-0.15, -0.1) is 13.2 Å². The van der Waals surface area contributed by atoms with Crippen molar-refractivity contribution in [3.05, 3.63) is 59.7 Å². The Labute approximate surface area is 158 Å². The third kappa shape index (κ3) is 4.80. The number of ether oxygens (including phenoxy) is 1. The Morgan fingerprint density at radius 3 is 2.57 bits per heavy atom. The number of benzene rings is 2. The average molecular weight is 394 g/mol. The van der Waals surface area contributed by atoms with E-state index in [1.165, 1.54) is 35.2 Å². The fourth-order valence-electron chi connectivity index (χ4n) is 2.98. The molecule has 0 saturated carbocycles. The molecular formula is C19H17F3N2O4. The van der Waals surface area contributed by atoms with Gasteiger partial charge >= 0.3 is 12.3 Å². The molecule has 1 saturated heterocycles. The van der Waals surface area contributed by atoms with Gasteiger partial charge in [-0.25, -0.2) is 4.79 Å². The average Bonchev–Trinajstić information content (AvgIpc) is 2.99. The number of aromatic carboxylic acids is 1. The number of carbonyl (C=O) groups is 2. The number of anilines is 1. The standard InChI is InChI=1S/C19H17F3N2O4/c20-19(21,22)28-15-3-1-2-14(10-15)24-9-8-16(17(24)25)23-11-12-4-6-13(7-5-12)18(26)27/h1-7,10,16,23H,8-9,11H2,(H,26,27). The molecule has 1 amide bonds. The Hall–Kier alpha value is -3.07. The highest BCUT2D eigenvalue weighted by molar-refractivity contribution is 5.99. The Kier molecular flexibility index (Phi) is 5.55. The number of hydrogen-bond acceptors (Lipinski definition) is 4. The second-order valence-electron chi connectivity index (χ2n) is 6.26. The van der Waals surface area contributed by atoms with Gasteiger partial charge in [0.25, 0.3) is 0 Å². The summed E-state index contributed by atoms with van der Waals surface area (Å²) in [4.78, 5) is 24.9. The number of alkyl halides is 3. The summed E-state index contributed by atoms with van der Waals surface area (Å²) >= 11 is 0. The highest BCUT2D eigenvalue weighted by Crippen LogP contribution is 2.29. The Bertz CT molecular complexity index is 868. The number of halogens is 3. The number of rotatable bonds is 6. The van der Waals surface area contributed by atoms with Crippen molar-refractivity contribution in [2.75, 3.05) is 11.4 Å². The summed E-state index contributed by atoms with van der Waals surface area (Å²) in [6.07, 6.45) is -4.30. The second-order valence-corrected chi connectivity index (χ2v) is 6.26. The lowest BCUT2D eigenvalue weighted by atomic mass is 10.1. The van der Waals surface area contributed by atoms with Gasteiger partial charge in [0.15, 0.2) is 0 Å². The first kappa shape index (κ1) is 19.7. The first-order valence-electron chi connectivity index (χ1n) is 8.46. The largest absolute Gasteiger partial charge is 0.573 e. The maximum absolute atomic E-state index is 12.6. The van der Waals surface area contributed by atoms with Crippen LogP contribution in [0.2, 0.25) is 0 Å². The molecule has 0 aliphatic carbocycles. The van der Waals surface area contributed by atoms with Gasteiger partial charge in [0.05, 0.1) is 11.6 Å². The van der Waals surface area contributed by atoms with Gasteiger partial charge in [-0.2, -0.15) is 0 Å². The Morgan fingerprint density at radius 2 is 1.93 bits per heavy atom. The predicted octanol–water partition coefficient (Wildman–Crippen LogP) is 3.18. The summed E-state index contributed by atoms with van der Waals surface area (Å²) in [5.41, 5.74) is 1.33. The van der Waals surface area contributed by atoms with Crippen molar-refractivity contribution in [1.82, 2.24) is 5.32 Å². The van der Waals surface area contributed by atoms with Crippen LogP contribution in [-0.4, -0.2) is 35.9 Å². The Balaban J connectivity index is 1.61. The fourth-order valence-corrected chi connectivity index (χ4v) is 2.98. The molecule has 2 N–H and O–H groups in total. The zero-order chi connectivity index (χ0) is 20.3. The number of carbonyl (C=O) groups excluding carboxylic acids is 1. The maximum atomic E-state index is 12.6. The van der Waals surface area contributed by atoms with Crippen molar-refractivity contribution in [2.45, 2.75) is 25.4 Å². The van der Waals surface area contributed by atoms with Crippen LogP contribution in [0.5, 0.6) is 5.75 Å². The molecule has 1 atom stereocenters. The zero-order valence-electron chi connectivity index (χ0n) is 14.6. The lowest BCUT2D eigenvalue weighted by Crippen LogP contribution is -2.38. The van der Waals surface area contributed by atoms with Gasteiger partial charge in [-0.05, 0) is 36.2 Å². The van der Waals surface area contributed by atoms with Crippen molar-refractivity contribution >= 4 is 17.6 Å². The highest BCUT2D eigenvalue weighted by atomic mass is 19.4. The van der Waals surface area contributed by atoms with E-state index < -0.39 is 18.4 Å². The Morgan fingerprint density at radius 1 is 1.21 bits per heavy atom. The number of amides is 1. The number of carboxylic acid groups (broad SMARTS) is 1. The quantitative estimate of drug-likeness (QED) is 0.787. The molecule has 6 nitrogen and oxygen atoms in total. The molecule has 1 aliphatic rings. The zero-order valence-corrected chi connectivity index (χ0v) is 14.6. The molecular weight excluding hydrogens is 377 g/mol. The molecule has 1 unspecified atom stereocenters. The van der Waals surface area contributed by atoms with E-state index in [-0.39, 0.29) is 17.2 Å². The summed E-state index contributed by atoms with van der Waals surface area (Å²) in [6, 6.07) is 11.1. The SMILES string of the molecule is O=C(O)c1ccc(CNC2CCN(c3cccc(OC(F)(F)F)c3)C2=O)cc1. The molecule has 148 valence electrons. The topological polar surface area (TPSA) is 78.9 Å². The molecule has 2 aromatic carbocycles. The normalized spacial score (nSPS) is 17.0. The third-order valence-corrected chi connectivity index (χ3v) is 4.32. The van der Waals surface area contributed by atoms with Gasteiger partial charge in [-0.3, -0.25) is 4.79 Å². The molecule has 1 fully saturated rings. The summed E-state index contributed by atoms with van der Waals surface area (Å²) in [6.45, 7) is 0.727. The van der Waals surface area contributed by atoms with Crippen LogP contribution in [0, 0.1) is 0 Å². The van der Waals surface area contributed by atoms with Gasteiger partial charge in [-0.1, -0.05) is 18.2 Å². The minimum atomic E-state index is -4.80. The van der Waals surface area contributed by atoms with Crippen molar-refractivity contribution < 1.29 is 32.6 Å². The lowest BCUT2D eigenvalue weighted by Gasteiger charge is -2.18. The van der Waals surface area contributed by atoms with E-state index in [1.54, 1.807) is 18.2 Å². The predicted molar refractivity (Wildman–Crippen MR) is 94.1 cm³/mol. The summed E-state index contributed by atoms with van der Waals surface area (Å²) in [5, 5.41) is 12.0. The minimum absolute atomic E-state index is 0.174. The van der Waals surface area contributed by atoms with E-state index in [2.05, 4.69) is 10.1 Å². The fraction of sp³-hybridized carbons (Fsp3) is 0.263. The van der Waals surface area contributed by atoms with Gasteiger partial charge in [0.2, 0.25) is 5.91 Å². The van der Waals surface area contributed by atoms with Crippen molar-refractivity contribution in [3.63, 3.8) is 0 Å². The molecule has 9 heteroatoms. The van der Waals surface area contributed by atoms with Crippen LogP contribution in [0.1, 0.15) is 22.3 Å². The number of nitrogens with zero attached hydrogens (tertiary/aromatic N) is 1. The van der Waals surface area contributed by atoms with E-state index in [0.717, 1.165) is 5.56 Å². The van der Waals surface area contributed by atoms with E-state index in [0.29, 0.717) is 25.2 Å². The molecule has 3 rings (SSSR count). The van der Waals surface area contributed by atoms with Crippen LogP contribution >= 0.6 is 0 Å². The van der Waals surface area contributed by atoms with E-state index in [1.807, 2.05) is 0 Å². The minimum Gasteiger partial charge on any atom is -0.478 e. The first-order chi connectivity index (χ1) is 13.2. The summed E-state index contributed by atoms with van der Waals surface area (Å²) in [5.74, 6) is -1.64.